The number of aromatic nitrogens is 4. The maximum Gasteiger partial charge on any atom is 0.244 e. The third kappa shape index (κ3) is 3.00. The van der Waals surface area contributed by atoms with Crippen LogP contribution in [0.1, 0.15) is 19.8 Å². The van der Waals surface area contributed by atoms with Crippen molar-refractivity contribution in [2.24, 2.45) is 5.92 Å². The molecule has 0 spiro atoms. The molecule has 1 saturated heterocycles. The highest BCUT2D eigenvalue weighted by Gasteiger charge is 2.25. The second-order valence-corrected chi connectivity index (χ2v) is 4.47. The van der Waals surface area contributed by atoms with Crippen LogP contribution in [-0.2, 0) is 11.3 Å². The fourth-order valence-electron chi connectivity index (χ4n) is 2.12. The SMILES string of the molecule is CC(O)C1CCN(C(=O)Cn2cnnn2)CC1. The van der Waals surface area contributed by atoms with Gasteiger partial charge in [-0.3, -0.25) is 4.79 Å². The predicted octanol–water partition coefficient (Wildman–Crippen LogP) is -0.708. The minimum absolute atomic E-state index is 0.0290. The smallest absolute Gasteiger partial charge is 0.244 e. The highest BCUT2D eigenvalue weighted by Crippen LogP contribution is 2.20. The molecule has 0 aromatic carbocycles. The van der Waals surface area contributed by atoms with Crippen molar-refractivity contribution >= 4 is 5.91 Å². The van der Waals surface area contributed by atoms with Crippen LogP contribution in [0.15, 0.2) is 6.33 Å². The highest BCUT2D eigenvalue weighted by atomic mass is 16.3. The average Bonchev–Trinajstić information content (AvgIpc) is 2.82. The summed E-state index contributed by atoms with van der Waals surface area (Å²) in [4.78, 5) is 13.7. The summed E-state index contributed by atoms with van der Waals surface area (Å²) in [6.07, 6.45) is 2.87. The lowest BCUT2D eigenvalue weighted by Crippen LogP contribution is -2.42. The normalized spacial score (nSPS) is 19.3. The van der Waals surface area contributed by atoms with Crippen LogP contribution in [0, 0.1) is 5.92 Å². The van der Waals surface area contributed by atoms with E-state index in [9.17, 15) is 9.90 Å². The molecule has 0 aliphatic carbocycles. The van der Waals surface area contributed by atoms with Gasteiger partial charge in [0.15, 0.2) is 0 Å². The van der Waals surface area contributed by atoms with Gasteiger partial charge in [0, 0.05) is 13.1 Å². The molecule has 2 rings (SSSR count). The van der Waals surface area contributed by atoms with Crippen LogP contribution in [0.5, 0.6) is 0 Å². The molecule has 1 amide bonds. The Bertz CT molecular complexity index is 357. The lowest BCUT2D eigenvalue weighted by Gasteiger charge is -2.33. The molecular weight excluding hydrogens is 222 g/mol. The van der Waals surface area contributed by atoms with Crippen molar-refractivity contribution in [2.45, 2.75) is 32.4 Å². The van der Waals surface area contributed by atoms with E-state index in [1.165, 1.54) is 11.0 Å². The molecule has 17 heavy (non-hydrogen) atoms. The van der Waals surface area contributed by atoms with Gasteiger partial charge in [0.1, 0.15) is 12.9 Å². The van der Waals surface area contributed by atoms with Crippen LogP contribution in [0.4, 0.5) is 0 Å². The van der Waals surface area contributed by atoms with Crippen LogP contribution in [0.3, 0.4) is 0 Å². The Balaban J connectivity index is 1.82. The summed E-state index contributed by atoms with van der Waals surface area (Å²) in [5.74, 6) is 0.341. The molecule has 2 heterocycles. The van der Waals surface area contributed by atoms with Gasteiger partial charge in [0.2, 0.25) is 5.91 Å². The molecule has 1 aromatic heterocycles. The number of aliphatic hydroxyl groups is 1. The van der Waals surface area contributed by atoms with Crippen LogP contribution >= 0.6 is 0 Å². The zero-order valence-corrected chi connectivity index (χ0v) is 9.86. The highest BCUT2D eigenvalue weighted by molar-refractivity contribution is 5.75. The molecule has 94 valence electrons. The molecule has 1 N–H and O–H groups in total. The monoisotopic (exact) mass is 239 g/mol. The number of nitrogens with zero attached hydrogens (tertiary/aromatic N) is 5. The predicted molar refractivity (Wildman–Crippen MR) is 58.8 cm³/mol. The number of amides is 1. The van der Waals surface area contributed by atoms with E-state index in [2.05, 4.69) is 15.5 Å². The van der Waals surface area contributed by atoms with Crippen molar-refractivity contribution in [1.82, 2.24) is 25.1 Å². The molecule has 0 bridgehead atoms. The van der Waals surface area contributed by atoms with Gasteiger partial charge in [-0.15, -0.1) is 5.10 Å². The minimum Gasteiger partial charge on any atom is -0.393 e. The molecule has 0 radical (unpaired) electrons. The number of hydrogen-bond acceptors (Lipinski definition) is 5. The Morgan fingerprint density at radius 3 is 2.76 bits per heavy atom. The Morgan fingerprint density at radius 1 is 1.53 bits per heavy atom. The molecule has 0 saturated carbocycles. The Morgan fingerprint density at radius 2 is 2.24 bits per heavy atom. The van der Waals surface area contributed by atoms with E-state index in [0.717, 1.165) is 12.8 Å². The first-order chi connectivity index (χ1) is 8.16. The Kier molecular flexibility index (Phi) is 3.68. The third-order valence-electron chi connectivity index (χ3n) is 3.26. The van der Waals surface area contributed by atoms with Crippen molar-refractivity contribution in [3.05, 3.63) is 6.33 Å². The second kappa shape index (κ2) is 5.22. The summed E-state index contributed by atoms with van der Waals surface area (Å²) in [6.45, 7) is 3.41. The van der Waals surface area contributed by atoms with Crippen LogP contribution in [-0.4, -0.2) is 55.3 Å². The van der Waals surface area contributed by atoms with Crippen molar-refractivity contribution in [1.29, 1.82) is 0 Å². The summed E-state index contributed by atoms with van der Waals surface area (Å²) in [7, 11) is 0. The van der Waals surface area contributed by atoms with E-state index in [1.807, 2.05) is 6.92 Å². The van der Waals surface area contributed by atoms with Crippen LogP contribution in [0.2, 0.25) is 0 Å². The zero-order chi connectivity index (χ0) is 12.3. The summed E-state index contributed by atoms with van der Waals surface area (Å²) in [5.41, 5.74) is 0. The first-order valence-electron chi connectivity index (χ1n) is 5.83. The van der Waals surface area contributed by atoms with Crippen molar-refractivity contribution in [3.63, 3.8) is 0 Å². The number of tetrazole rings is 1. The molecular formula is C10H17N5O2. The van der Waals surface area contributed by atoms with Gasteiger partial charge in [-0.1, -0.05) is 0 Å². The van der Waals surface area contributed by atoms with Crippen molar-refractivity contribution in [2.75, 3.05) is 13.1 Å². The first kappa shape index (κ1) is 12.0. The van der Waals surface area contributed by atoms with Gasteiger partial charge in [0.05, 0.1) is 6.10 Å². The van der Waals surface area contributed by atoms with E-state index in [-0.39, 0.29) is 18.6 Å². The fraction of sp³-hybridized carbons (Fsp3) is 0.800. The number of carbonyl (C=O) groups is 1. The summed E-state index contributed by atoms with van der Waals surface area (Å²) < 4.78 is 1.42. The zero-order valence-electron chi connectivity index (χ0n) is 9.86. The quantitative estimate of drug-likeness (QED) is 0.753. The van der Waals surface area contributed by atoms with Gasteiger partial charge in [-0.25, -0.2) is 4.68 Å². The largest absolute Gasteiger partial charge is 0.393 e. The van der Waals surface area contributed by atoms with Gasteiger partial charge >= 0.3 is 0 Å². The van der Waals surface area contributed by atoms with Crippen LogP contribution in [0.25, 0.3) is 0 Å². The van der Waals surface area contributed by atoms with E-state index in [1.54, 1.807) is 4.90 Å². The molecule has 1 aliphatic rings. The average molecular weight is 239 g/mol. The van der Waals surface area contributed by atoms with Gasteiger partial charge in [-0.05, 0) is 36.1 Å². The maximum atomic E-state index is 11.9. The summed E-state index contributed by atoms with van der Waals surface area (Å²) in [6, 6.07) is 0. The standard InChI is InChI=1S/C10H17N5O2/c1-8(16)9-2-4-14(5-3-9)10(17)6-15-7-11-12-13-15/h7-9,16H,2-6H2,1H3. The van der Waals surface area contributed by atoms with E-state index in [0.29, 0.717) is 19.0 Å². The number of carbonyl (C=O) groups excluding carboxylic acids is 1. The fourth-order valence-corrected chi connectivity index (χ4v) is 2.12. The van der Waals surface area contributed by atoms with Gasteiger partial charge in [-0.2, -0.15) is 0 Å². The van der Waals surface area contributed by atoms with Crippen molar-refractivity contribution < 1.29 is 9.90 Å². The van der Waals surface area contributed by atoms with Gasteiger partial charge in [0.25, 0.3) is 0 Å². The lowest BCUT2D eigenvalue weighted by molar-refractivity contribution is -0.134. The molecule has 7 nitrogen and oxygen atoms in total. The number of likely N-dealkylation sites (tertiary alicyclic amines) is 1. The third-order valence-corrected chi connectivity index (χ3v) is 3.26. The number of piperidine rings is 1. The lowest BCUT2D eigenvalue weighted by atomic mass is 9.92. The first-order valence-corrected chi connectivity index (χ1v) is 5.83. The van der Waals surface area contributed by atoms with Crippen molar-refractivity contribution in [3.8, 4) is 0 Å². The second-order valence-electron chi connectivity index (χ2n) is 4.47. The maximum absolute atomic E-state index is 11.9. The molecule has 1 fully saturated rings. The minimum atomic E-state index is -0.285. The van der Waals surface area contributed by atoms with E-state index in [4.69, 9.17) is 0 Å². The molecule has 1 unspecified atom stereocenters. The topological polar surface area (TPSA) is 84.1 Å². The molecule has 1 aromatic rings. The summed E-state index contributed by atoms with van der Waals surface area (Å²) in [5, 5.41) is 20.1. The van der Waals surface area contributed by atoms with Gasteiger partial charge < -0.3 is 10.0 Å². The molecule has 1 aliphatic heterocycles. The molecule has 7 heteroatoms. The molecule has 1 atom stereocenters. The van der Waals surface area contributed by atoms with E-state index >= 15 is 0 Å². The van der Waals surface area contributed by atoms with E-state index < -0.39 is 0 Å². The summed E-state index contributed by atoms with van der Waals surface area (Å²) >= 11 is 0. The number of aliphatic hydroxyl groups excluding tert-OH is 1. The Hall–Kier alpha value is -1.50. The van der Waals surface area contributed by atoms with Crippen LogP contribution < -0.4 is 0 Å². The number of hydrogen-bond donors (Lipinski definition) is 1. The Labute approximate surface area is 99.4 Å². The number of rotatable bonds is 3.